The maximum atomic E-state index is 11.0. The summed E-state index contributed by atoms with van der Waals surface area (Å²) in [6.07, 6.45) is 0.380. The van der Waals surface area contributed by atoms with Crippen molar-refractivity contribution in [2.24, 2.45) is 4.99 Å². The second kappa shape index (κ2) is 9.84. The fourth-order valence-electron chi connectivity index (χ4n) is 4.27. The Balaban J connectivity index is 1.50. The van der Waals surface area contributed by atoms with Crippen LogP contribution >= 0.6 is 0 Å². The molecule has 1 N–H and O–H groups in total. The van der Waals surface area contributed by atoms with E-state index in [1.807, 2.05) is 72.8 Å². The minimum absolute atomic E-state index is 0.0491. The Kier molecular flexibility index (Phi) is 6.30. The molecule has 0 aliphatic carbocycles. The van der Waals surface area contributed by atoms with Crippen LogP contribution in [0.15, 0.2) is 108 Å². The SMILES string of the molecule is C[C@H](N=C1C[C@H](c2ccccc2)Oc2cc(OCc3ccccc3)cc(O)c21)c1ccccc1. The number of ether oxygens (including phenoxy) is 2. The second-order valence-electron chi connectivity index (χ2n) is 8.47. The zero-order chi connectivity index (χ0) is 23.3. The third-order valence-electron chi connectivity index (χ3n) is 6.04. The molecule has 0 saturated carbocycles. The number of aromatic hydroxyl groups is 1. The summed E-state index contributed by atoms with van der Waals surface area (Å²) in [5.74, 6) is 1.26. The van der Waals surface area contributed by atoms with Gasteiger partial charge in [0.25, 0.3) is 0 Å². The Bertz CT molecular complexity index is 1270. The van der Waals surface area contributed by atoms with Gasteiger partial charge >= 0.3 is 0 Å². The molecule has 4 heteroatoms. The molecule has 0 saturated heterocycles. The van der Waals surface area contributed by atoms with Crippen LogP contribution in [0.4, 0.5) is 0 Å². The summed E-state index contributed by atoms with van der Waals surface area (Å²) in [5, 5.41) is 11.0. The van der Waals surface area contributed by atoms with Crippen molar-refractivity contribution in [2.75, 3.05) is 0 Å². The van der Waals surface area contributed by atoms with Crippen molar-refractivity contribution < 1.29 is 14.6 Å². The standard InChI is InChI=1S/C30H27NO3/c1-21(23-13-7-3-8-14-23)31-26-19-28(24-15-9-4-10-16-24)34-29-18-25(17-27(32)30(26)29)33-20-22-11-5-2-6-12-22/h2-18,21,28,32H,19-20H2,1H3/t21-,28+/m0/s1. The van der Waals surface area contributed by atoms with Crippen molar-refractivity contribution >= 4 is 5.71 Å². The van der Waals surface area contributed by atoms with Crippen molar-refractivity contribution in [3.63, 3.8) is 0 Å². The summed E-state index contributed by atoms with van der Waals surface area (Å²) in [6, 6.07) is 33.7. The Hall–Kier alpha value is -4.05. The largest absolute Gasteiger partial charge is 0.507 e. The van der Waals surface area contributed by atoms with Crippen LogP contribution in [-0.4, -0.2) is 10.8 Å². The number of phenols is 1. The van der Waals surface area contributed by atoms with E-state index in [0.29, 0.717) is 30.1 Å². The van der Waals surface area contributed by atoms with Crippen LogP contribution in [0.1, 0.15) is 47.7 Å². The van der Waals surface area contributed by atoms with Gasteiger partial charge < -0.3 is 14.6 Å². The number of benzene rings is 4. The fraction of sp³-hybridized carbons (Fsp3) is 0.167. The van der Waals surface area contributed by atoms with Gasteiger partial charge in [0.15, 0.2) is 0 Å². The number of hydrogen-bond acceptors (Lipinski definition) is 4. The monoisotopic (exact) mass is 449 g/mol. The summed E-state index contributed by atoms with van der Waals surface area (Å²) in [7, 11) is 0. The lowest BCUT2D eigenvalue weighted by atomic mass is 9.94. The first-order valence-electron chi connectivity index (χ1n) is 11.5. The minimum Gasteiger partial charge on any atom is -0.507 e. The number of nitrogens with zero attached hydrogens (tertiary/aromatic N) is 1. The average molecular weight is 450 g/mol. The quantitative estimate of drug-likeness (QED) is 0.343. The molecule has 4 aromatic rings. The van der Waals surface area contributed by atoms with E-state index in [1.165, 1.54) is 0 Å². The normalized spacial score (nSPS) is 17.0. The van der Waals surface area contributed by atoms with Gasteiger partial charge in [0.2, 0.25) is 0 Å². The molecule has 0 radical (unpaired) electrons. The van der Waals surface area contributed by atoms with Crippen LogP contribution in [0.2, 0.25) is 0 Å². The van der Waals surface area contributed by atoms with Gasteiger partial charge in [-0.15, -0.1) is 0 Å². The molecule has 0 unspecified atom stereocenters. The first kappa shape index (κ1) is 21.8. The van der Waals surface area contributed by atoms with E-state index in [4.69, 9.17) is 14.5 Å². The Morgan fingerprint density at radius 1 is 0.912 bits per heavy atom. The summed E-state index contributed by atoms with van der Waals surface area (Å²) in [5.41, 5.74) is 4.73. The van der Waals surface area contributed by atoms with Gasteiger partial charge in [0.05, 0.1) is 17.3 Å². The van der Waals surface area contributed by atoms with E-state index >= 15 is 0 Å². The van der Waals surface area contributed by atoms with E-state index in [-0.39, 0.29) is 17.9 Å². The Labute approximate surface area is 200 Å². The average Bonchev–Trinajstić information content (AvgIpc) is 2.88. The Morgan fingerprint density at radius 3 is 2.26 bits per heavy atom. The Morgan fingerprint density at radius 2 is 1.56 bits per heavy atom. The van der Waals surface area contributed by atoms with Crippen LogP contribution in [0.3, 0.4) is 0 Å². The van der Waals surface area contributed by atoms with E-state index in [9.17, 15) is 5.11 Å². The maximum Gasteiger partial charge on any atom is 0.136 e. The first-order chi connectivity index (χ1) is 16.7. The predicted octanol–water partition coefficient (Wildman–Crippen LogP) is 7.05. The van der Waals surface area contributed by atoms with E-state index in [0.717, 1.165) is 22.4 Å². The molecule has 0 aromatic heterocycles. The third kappa shape index (κ3) is 4.81. The number of rotatable bonds is 6. The minimum atomic E-state index is -0.195. The second-order valence-corrected chi connectivity index (χ2v) is 8.47. The summed E-state index contributed by atoms with van der Waals surface area (Å²) < 4.78 is 12.4. The highest BCUT2D eigenvalue weighted by molar-refractivity contribution is 6.06. The van der Waals surface area contributed by atoms with Crippen LogP contribution in [0, 0.1) is 0 Å². The third-order valence-corrected chi connectivity index (χ3v) is 6.04. The molecule has 34 heavy (non-hydrogen) atoms. The highest BCUT2D eigenvalue weighted by Gasteiger charge is 2.30. The van der Waals surface area contributed by atoms with Crippen molar-refractivity contribution in [3.8, 4) is 17.2 Å². The summed E-state index contributed by atoms with van der Waals surface area (Å²) >= 11 is 0. The molecular weight excluding hydrogens is 422 g/mol. The molecule has 1 heterocycles. The van der Waals surface area contributed by atoms with Gasteiger partial charge in [0, 0.05) is 18.6 Å². The molecule has 170 valence electrons. The van der Waals surface area contributed by atoms with Gasteiger partial charge in [-0.3, -0.25) is 4.99 Å². The summed E-state index contributed by atoms with van der Waals surface area (Å²) in [6.45, 7) is 2.48. The van der Waals surface area contributed by atoms with Crippen LogP contribution in [0.25, 0.3) is 0 Å². The molecule has 5 rings (SSSR count). The molecule has 1 aliphatic rings. The van der Waals surface area contributed by atoms with Crippen LogP contribution in [-0.2, 0) is 6.61 Å². The summed E-state index contributed by atoms with van der Waals surface area (Å²) in [4.78, 5) is 5.04. The molecule has 1 aliphatic heterocycles. The number of fused-ring (bicyclic) bond motifs is 1. The van der Waals surface area contributed by atoms with Crippen molar-refractivity contribution in [1.29, 1.82) is 0 Å². The molecule has 0 bridgehead atoms. The van der Waals surface area contributed by atoms with Crippen molar-refractivity contribution in [2.45, 2.75) is 32.1 Å². The van der Waals surface area contributed by atoms with Crippen LogP contribution < -0.4 is 9.47 Å². The van der Waals surface area contributed by atoms with Gasteiger partial charge in [-0.2, -0.15) is 0 Å². The van der Waals surface area contributed by atoms with Gasteiger partial charge in [-0.25, -0.2) is 0 Å². The molecule has 0 amide bonds. The zero-order valence-electron chi connectivity index (χ0n) is 19.1. The van der Waals surface area contributed by atoms with Gasteiger partial charge in [-0.05, 0) is 23.6 Å². The van der Waals surface area contributed by atoms with E-state index in [1.54, 1.807) is 6.07 Å². The highest BCUT2D eigenvalue weighted by Crippen LogP contribution is 2.43. The smallest absolute Gasteiger partial charge is 0.136 e. The van der Waals surface area contributed by atoms with E-state index < -0.39 is 0 Å². The highest BCUT2D eigenvalue weighted by atomic mass is 16.5. The molecule has 4 nitrogen and oxygen atoms in total. The number of aliphatic imine (C=N–C) groups is 1. The van der Waals surface area contributed by atoms with Gasteiger partial charge in [-0.1, -0.05) is 91.0 Å². The molecule has 4 aromatic carbocycles. The van der Waals surface area contributed by atoms with Crippen LogP contribution in [0.5, 0.6) is 17.2 Å². The lowest BCUT2D eigenvalue weighted by molar-refractivity contribution is 0.203. The van der Waals surface area contributed by atoms with E-state index in [2.05, 4.69) is 31.2 Å². The lowest BCUT2D eigenvalue weighted by Crippen LogP contribution is -2.22. The number of phenolic OH excluding ortho intramolecular Hbond substituents is 1. The first-order valence-corrected chi connectivity index (χ1v) is 11.5. The number of hydrogen-bond donors (Lipinski definition) is 1. The molecule has 0 fully saturated rings. The topological polar surface area (TPSA) is 51.0 Å². The fourth-order valence-corrected chi connectivity index (χ4v) is 4.27. The van der Waals surface area contributed by atoms with Gasteiger partial charge in [0.1, 0.15) is 30.0 Å². The zero-order valence-corrected chi connectivity index (χ0v) is 19.1. The van der Waals surface area contributed by atoms with Crippen molar-refractivity contribution in [3.05, 3.63) is 125 Å². The molecular formula is C30H27NO3. The predicted molar refractivity (Wildman–Crippen MR) is 135 cm³/mol. The lowest BCUT2D eigenvalue weighted by Gasteiger charge is -2.29. The molecule has 2 atom stereocenters. The maximum absolute atomic E-state index is 11.0. The van der Waals surface area contributed by atoms with Crippen molar-refractivity contribution in [1.82, 2.24) is 0 Å². The molecule has 0 spiro atoms.